The van der Waals surface area contributed by atoms with Gasteiger partial charge in [0.05, 0.1) is 23.3 Å². The van der Waals surface area contributed by atoms with Gasteiger partial charge in [-0.2, -0.15) is 0 Å². The molecule has 11 heteroatoms. The summed E-state index contributed by atoms with van der Waals surface area (Å²) < 4.78 is 25.3. The highest BCUT2D eigenvalue weighted by atomic mass is 19.3. The third-order valence-corrected chi connectivity index (χ3v) is 7.54. The van der Waals surface area contributed by atoms with Crippen molar-refractivity contribution in [3.63, 3.8) is 0 Å². The summed E-state index contributed by atoms with van der Waals surface area (Å²) in [5.74, 6) is 1.54. The second-order valence-corrected chi connectivity index (χ2v) is 10.0. The van der Waals surface area contributed by atoms with Crippen LogP contribution in [0.15, 0.2) is 61.2 Å². The lowest BCUT2D eigenvalue weighted by atomic mass is 9.92. The standard InChI is InChI=1S/C30H34F2N8O/c1-3-20(22-5-4-6-23-24(30(41)33-2)9-10-34-29(22)23)16-35-27-15-25(37-19-38-27)21-7-8-28(36-17-21)40-13-11-39(12-14-40)18-26(31)32/h4-10,15,17,19-20,26H,3,11-14,16,18H2,1-2H3,(H,33,41)(H,35,37,38). The van der Waals surface area contributed by atoms with E-state index in [-0.39, 0.29) is 18.4 Å². The van der Waals surface area contributed by atoms with Crippen LogP contribution in [0.25, 0.3) is 22.2 Å². The second-order valence-electron chi connectivity index (χ2n) is 10.0. The van der Waals surface area contributed by atoms with Crippen LogP contribution in [-0.2, 0) is 0 Å². The molecular weight excluding hydrogens is 526 g/mol. The summed E-state index contributed by atoms with van der Waals surface area (Å²) >= 11 is 0. The average Bonchev–Trinajstić information content (AvgIpc) is 3.01. The van der Waals surface area contributed by atoms with Gasteiger partial charge in [0.1, 0.15) is 18.0 Å². The number of benzene rings is 1. The minimum Gasteiger partial charge on any atom is -0.369 e. The molecule has 0 spiro atoms. The van der Waals surface area contributed by atoms with Gasteiger partial charge < -0.3 is 15.5 Å². The van der Waals surface area contributed by atoms with E-state index in [0.717, 1.165) is 40.0 Å². The number of halogens is 2. The molecule has 41 heavy (non-hydrogen) atoms. The van der Waals surface area contributed by atoms with Crippen LogP contribution in [0.2, 0.25) is 0 Å². The van der Waals surface area contributed by atoms with E-state index in [1.165, 1.54) is 6.33 Å². The lowest BCUT2D eigenvalue weighted by Crippen LogP contribution is -2.48. The molecule has 4 heterocycles. The Bertz CT molecular complexity index is 1480. The number of nitrogens with one attached hydrogen (secondary N) is 2. The number of piperazine rings is 1. The maximum Gasteiger partial charge on any atom is 0.251 e. The van der Waals surface area contributed by atoms with Crippen LogP contribution < -0.4 is 15.5 Å². The number of pyridine rings is 2. The highest BCUT2D eigenvalue weighted by Crippen LogP contribution is 2.29. The van der Waals surface area contributed by atoms with E-state index in [9.17, 15) is 13.6 Å². The summed E-state index contributed by atoms with van der Waals surface area (Å²) in [6.07, 6.45) is 3.56. The average molecular weight is 561 g/mol. The number of nitrogens with zero attached hydrogens (tertiary/aromatic N) is 6. The highest BCUT2D eigenvalue weighted by Gasteiger charge is 2.21. The van der Waals surface area contributed by atoms with Gasteiger partial charge in [0.2, 0.25) is 0 Å². The fourth-order valence-electron chi connectivity index (χ4n) is 5.25. The molecule has 3 aromatic heterocycles. The van der Waals surface area contributed by atoms with Crippen molar-refractivity contribution in [3.05, 3.63) is 72.3 Å². The summed E-state index contributed by atoms with van der Waals surface area (Å²) in [4.78, 5) is 34.4. The van der Waals surface area contributed by atoms with Crippen molar-refractivity contribution >= 4 is 28.4 Å². The first-order valence-electron chi connectivity index (χ1n) is 13.8. The van der Waals surface area contributed by atoms with Crippen molar-refractivity contribution in [2.45, 2.75) is 25.7 Å². The molecule has 0 aliphatic carbocycles. The van der Waals surface area contributed by atoms with Crippen LogP contribution in [0.4, 0.5) is 20.4 Å². The second kappa shape index (κ2) is 12.9. The number of amides is 1. The minimum absolute atomic E-state index is 0.135. The number of rotatable bonds is 10. The van der Waals surface area contributed by atoms with E-state index < -0.39 is 6.43 Å². The summed E-state index contributed by atoms with van der Waals surface area (Å²) in [5.41, 5.74) is 4.12. The normalized spacial score (nSPS) is 14.8. The minimum atomic E-state index is -2.31. The van der Waals surface area contributed by atoms with Crippen LogP contribution in [0, 0.1) is 0 Å². The van der Waals surface area contributed by atoms with Gasteiger partial charge in [0, 0.05) is 75.1 Å². The fourth-order valence-corrected chi connectivity index (χ4v) is 5.25. The number of hydrogen-bond donors (Lipinski definition) is 2. The Morgan fingerprint density at radius 1 is 1.02 bits per heavy atom. The molecule has 0 bridgehead atoms. The molecule has 1 aromatic carbocycles. The van der Waals surface area contributed by atoms with Gasteiger partial charge >= 0.3 is 0 Å². The predicted octanol–water partition coefficient (Wildman–Crippen LogP) is 4.44. The van der Waals surface area contributed by atoms with Gasteiger partial charge in [0.25, 0.3) is 12.3 Å². The number of para-hydroxylation sites is 1. The molecule has 1 aliphatic heterocycles. The van der Waals surface area contributed by atoms with E-state index >= 15 is 0 Å². The largest absolute Gasteiger partial charge is 0.369 e. The van der Waals surface area contributed by atoms with Crippen molar-refractivity contribution in [2.24, 2.45) is 0 Å². The number of carbonyl (C=O) groups is 1. The van der Waals surface area contributed by atoms with Gasteiger partial charge in [-0.05, 0) is 30.2 Å². The zero-order valence-corrected chi connectivity index (χ0v) is 23.2. The molecule has 0 saturated carbocycles. The van der Waals surface area contributed by atoms with Gasteiger partial charge in [-0.25, -0.2) is 23.7 Å². The van der Waals surface area contributed by atoms with Gasteiger partial charge in [-0.15, -0.1) is 0 Å². The Balaban J connectivity index is 1.26. The van der Waals surface area contributed by atoms with E-state index in [2.05, 4.69) is 48.5 Å². The molecule has 1 unspecified atom stereocenters. The molecule has 1 saturated heterocycles. The molecule has 1 amide bonds. The summed E-state index contributed by atoms with van der Waals surface area (Å²) in [6, 6.07) is 13.5. The first-order chi connectivity index (χ1) is 20.0. The fraction of sp³-hybridized carbons (Fsp3) is 0.367. The Morgan fingerprint density at radius 2 is 1.85 bits per heavy atom. The third kappa shape index (κ3) is 6.57. The highest BCUT2D eigenvalue weighted by molar-refractivity contribution is 6.06. The lowest BCUT2D eigenvalue weighted by molar-refractivity contribution is 0.0853. The SMILES string of the molecule is CCC(CNc1cc(-c2ccc(N3CCN(CC(F)F)CC3)nc2)ncn1)c1cccc2c(C(=O)NC)ccnc12. The lowest BCUT2D eigenvalue weighted by Gasteiger charge is -2.35. The number of carbonyl (C=O) groups excluding carboxylic acids is 1. The van der Waals surface area contributed by atoms with Gasteiger partial charge in [-0.3, -0.25) is 14.7 Å². The Hall–Kier alpha value is -4.25. The third-order valence-electron chi connectivity index (χ3n) is 7.54. The number of alkyl halides is 2. The van der Waals surface area contributed by atoms with Gasteiger partial charge in [-0.1, -0.05) is 25.1 Å². The molecular formula is C30H34F2N8O. The van der Waals surface area contributed by atoms with Crippen LogP contribution in [0.5, 0.6) is 0 Å². The monoisotopic (exact) mass is 560 g/mol. The molecule has 214 valence electrons. The topological polar surface area (TPSA) is 99.2 Å². The number of fused-ring (bicyclic) bond motifs is 1. The van der Waals surface area contributed by atoms with Crippen molar-refractivity contribution in [1.82, 2.24) is 30.2 Å². The van der Waals surface area contributed by atoms with Gasteiger partial charge in [0.15, 0.2) is 0 Å². The van der Waals surface area contributed by atoms with Crippen LogP contribution in [-0.4, -0.2) is 83.5 Å². The summed E-state index contributed by atoms with van der Waals surface area (Å²) in [5, 5.41) is 6.99. The Morgan fingerprint density at radius 3 is 2.56 bits per heavy atom. The molecule has 1 fully saturated rings. The maximum atomic E-state index is 12.7. The van der Waals surface area contributed by atoms with Crippen molar-refractivity contribution in [3.8, 4) is 11.3 Å². The van der Waals surface area contributed by atoms with E-state index in [1.54, 1.807) is 30.4 Å². The molecule has 9 nitrogen and oxygen atoms in total. The molecule has 5 rings (SSSR count). The van der Waals surface area contributed by atoms with Crippen LogP contribution in [0.1, 0.15) is 35.2 Å². The predicted molar refractivity (Wildman–Crippen MR) is 157 cm³/mol. The van der Waals surface area contributed by atoms with E-state index in [1.807, 2.05) is 30.3 Å². The Labute approximate surface area is 238 Å². The van der Waals surface area contributed by atoms with Crippen LogP contribution >= 0.6 is 0 Å². The van der Waals surface area contributed by atoms with E-state index in [4.69, 9.17) is 0 Å². The maximum absolute atomic E-state index is 12.7. The van der Waals surface area contributed by atoms with Crippen LogP contribution in [0.3, 0.4) is 0 Å². The number of aromatic nitrogens is 4. The number of anilines is 2. The van der Waals surface area contributed by atoms with Crippen molar-refractivity contribution in [2.75, 3.05) is 56.5 Å². The van der Waals surface area contributed by atoms with Crippen molar-refractivity contribution in [1.29, 1.82) is 0 Å². The van der Waals surface area contributed by atoms with Crippen molar-refractivity contribution < 1.29 is 13.6 Å². The quantitative estimate of drug-likeness (QED) is 0.294. The smallest absolute Gasteiger partial charge is 0.251 e. The number of hydrogen-bond acceptors (Lipinski definition) is 8. The zero-order valence-electron chi connectivity index (χ0n) is 23.2. The summed E-state index contributed by atoms with van der Waals surface area (Å²) in [6.45, 7) is 5.10. The Kier molecular flexibility index (Phi) is 8.93. The molecule has 1 aliphatic rings. The first kappa shape index (κ1) is 28.3. The molecule has 0 radical (unpaired) electrons. The zero-order chi connectivity index (χ0) is 28.8. The molecule has 1 atom stereocenters. The molecule has 4 aromatic rings. The summed E-state index contributed by atoms with van der Waals surface area (Å²) in [7, 11) is 1.63. The molecule has 2 N–H and O–H groups in total. The van der Waals surface area contributed by atoms with E-state index in [0.29, 0.717) is 44.1 Å². The first-order valence-corrected chi connectivity index (χ1v) is 13.8.